The number of carbonyl (C=O) groups is 1. The summed E-state index contributed by atoms with van der Waals surface area (Å²) < 4.78 is 0.796. The molecule has 0 saturated heterocycles. The van der Waals surface area contributed by atoms with Crippen molar-refractivity contribution in [1.29, 1.82) is 0 Å². The van der Waals surface area contributed by atoms with Gasteiger partial charge in [-0.2, -0.15) is 0 Å². The van der Waals surface area contributed by atoms with Crippen LogP contribution in [0.1, 0.15) is 10.4 Å². The number of carbonyl (C=O) groups excluding carboxylic acids is 1. The number of fused-ring (bicyclic) bond motifs is 1. The maximum absolute atomic E-state index is 12.2. The van der Waals surface area contributed by atoms with Gasteiger partial charge in [-0.05, 0) is 42.5 Å². The minimum Gasteiger partial charge on any atom is -0.508 e. The number of thiocarbonyl (C=S) groups is 1. The first-order valence-electron chi connectivity index (χ1n) is 6.60. The lowest BCUT2D eigenvalue weighted by atomic mass is 10.2. The number of nitrogens with one attached hydrogen (secondary N) is 2. The molecule has 122 valence electrons. The number of aromatic nitrogens is 1. The Morgan fingerprint density at radius 3 is 2.83 bits per heavy atom. The number of amides is 1. The van der Waals surface area contributed by atoms with E-state index in [9.17, 15) is 9.90 Å². The van der Waals surface area contributed by atoms with E-state index < -0.39 is 5.91 Å². The van der Waals surface area contributed by atoms with Crippen molar-refractivity contribution in [2.75, 3.05) is 5.32 Å². The first kappa shape index (κ1) is 16.9. The van der Waals surface area contributed by atoms with E-state index in [1.807, 2.05) is 0 Å². The topological polar surface area (TPSA) is 74.2 Å². The van der Waals surface area contributed by atoms with E-state index in [1.54, 1.807) is 36.4 Å². The van der Waals surface area contributed by atoms with Crippen LogP contribution in [0.25, 0.3) is 10.2 Å². The average molecular weight is 398 g/mol. The lowest BCUT2D eigenvalue weighted by Gasteiger charge is -2.08. The van der Waals surface area contributed by atoms with Gasteiger partial charge in [-0.25, -0.2) is 4.98 Å². The molecular formula is C15H9Cl2N3O2S2. The molecule has 0 bridgehead atoms. The zero-order valence-corrected chi connectivity index (χ0v) is 15.0. The molecule has 1 heterocycles. The SMILES string of the molecule is O=C(NC(=S)Nc1nc2ccc(O)cc2s1)c1cccc(Cl)c1Cl. The smallest absolute Gasteiger partial charge is 0.258 e. The average Bonchev–Trinajstić information content (AvgIpc) is 2.90. The highest BCUT2D eigenvalue weighted by Gasteiger charge is 2.14. The number of rotatable bonds is 2. The van der Waals surface area contributed by atoms with Crippen LogP contribution in [0, 0.1) is 0 Å². The van der Waals surface area contributed by atoms with E-state index >= 15 is 0 Å². The number of benzene rings is 2. The number of aromatic hydroxyl groups is 1. The van der Waals surface area contributed by atoms with Gasteiger partial charge < -0.3 is 10.4 Å². The van der Waals surface area contributed by atoms with Crippen LogP contribution < -0.4 is 10.6 Å². The lowest BCUT2D eigenvalue weighted by Crippen LogP contribution is -2.34. The summed E-state index contributed by atoms with van der Waals surface area (Å²) in [5, 5.41) is 15.9. The Hall–Kier alpha value is -1.93. The van der Waals surface area contributed by atoms with E-state index in [0.29, 0.717) is 10.6 Å². The highest BCUT2D eigenvalue weighted by Crippen LogP contribution is 2.29. The van der Waals surface area contributed by atoms with Crippen molar-refractivity contribution >= 4 is 73.1 Å². The summed E-state index contributed by atoms with van der Waals surface area (Å²) >= 11 is 18.3. The largest absolute Gasteiger partial charge is 0.508 e. The van der Waals surface area contributed by atoms with Crippen LogP contribution in [0.2, 0.25) is 10.0 Å². The Labute approximate surface area is 156 Å². The standard InChI is InChI=1S/C15H9Cl2N3O2S2/c16-9-3-1-2-8(12(9)17)13(22)19-14(23)20-15-18-10-5-4-7(21)6-11(10)24-15/h1-6,21H,(H2,18,19,20,22,23). The van der Waals surface area contributed by atoms with E-state index in [-0.39, 0.29) is 26.5 Å². The molecule has 0 aliphatic rings. The van der Waals surface area contributed by atoms with Crippen LogP contribution in [0.3, 0.4) is 0 Å². The van der Waals surface area contributed by atoms with Crippen molar-refractivity contribution in [3.05, 3.63) is 52.0 Å². The van der Waals surface area contributed by atoms with Gasteiger partial charge in [-0.1, -0.05) is 40.6 Å². The third-order valence-electron chi connectivity index (χ3n) is 3.02. The van der Waals surface area contributed by atoms with Crippen molar-refractivity contribution in [1.82, 2.24) is 10.3 Å². The van der Waals surface area contributed by atoms with Crippen LogP contribution in [-0.2, 0) is 0 Å². The molecule has 9 heteroatoms. The van der Waals surface area contributed by atoms with Crippen LogP contribution >= 0.6 is 46.8 Å². The van der Waals surface area contributed by atoms with Gasteiger partial charge >= 0.3 is 0 Å². The van der Waals surface area contributed by atoms with E-state index in [2.05, 4.69) is 15.6 Å². The molecule has 0 atom stereocenters. The Balaban J connectivity index is 1.72. The molecule has 1 amide bonds. The van der Waals surface area contributed by atoms with Crippen molar-refractivity contribution < 1.29 is 9.90 Å². The minimum atomic E-state index is -0.473. The Morgan fingerprint density at radius 1 is 1.25 bits per heavy atom. The maximum Gasteiger partial charge on any atom is 0.258 e. The number of hydrogen-bond donors (Lipinski definition) is 3. The molecule has 24 heavy (non-hydrogen) atoms. The fraction of sp³-hybridized carbons (Fsp3) is 0. The van der Waals surface area contributed by atoms with Gasteiger partial charge in [0, 0.05) is 0 Å². The van der Waals surface area contributed by atoms with Crippen molar-refractivity contribution in [3.63, 3.8) is 0 Å². The summed E-state index contributed by atoms with van der Waals surface area (Å²) in [7, 11) is 0. The summed E-state index contributed by atoms with van der Waals surface area (Å²) in [4.78, 5) is 16.5. The Bertz CT molecular complexity index is 959. The molecular weight excluding hydrogens is 389 g/mol. The van der Waals surface area contributed by atoms with Crippen LogP contribution in [-0.4, -0.2) is 21.1 Å². The first-order chi connectivity index (χ1) is 11.4. The third-order valence-corrected chi connectivity index (χ3v) is 4.97. The quantitative estimate of drug-likeness (QED) is 0.557. The van der Waals surface area contributed by atoms with Crippen LogP contribution in [0.5, 0.6) is 5.75 Å². The second-order valence-corrected chi connectivity index (χ2v) is 6.90. The zero-order chi connectivity index (χ0) is 17.3. The van der Waals surface area contributed by atoms with Gasteiger partial charge in [0.15, 0.2) is 10.2 Å². The number of anilines is 1. The number of phenolic OH excluding ortho intramolecular Hbond substituents is 1. The second-order valence-electron chi connectivity index (χ2n) is 4.68. The molecule has 0 saturated carbocycles. The summed E-state index contributed by atoms with van der Waals surface area (Å²) in [5.74, 6) is -0.317. The molecule has 0 unspecified atom stereocenters. The van der Waals surface area contributed by atoms with Crippen molar-refractivity contribution in [2.24, 2.45) is 0 Å². The molecule has 0 aliphatic heterocycles. The van der Waals surface area contributed by atoms with Crippen molar-refractivity contribution in [3.8, 4) is 5.75 Å². The second kappa shape index (κ2) is 6.90. The van der Waals surface area contributed by atoms with E-state index in [1.165, 1.54) is 11.3 Å². The Kier molecular flexibility index (Phi) is 4.86. The molecule has 5 nitrogen and oxygen atoms in total. The number of halogens is 2. The van der Waals surface area contributed by atoms with Gasteiger partial charge in [-0.3, -0.25) is 10.1 Å². The first-order valence-corrected chi connectivity index (χ1v) is 8.58. The lowest BCUT2D eigenvalue weighted by molar-refractivity contribution is 0.0978. The minimum absolute atomic E-state index is 0.0827. The van der Waals surface area contributed by atoms with Crippen molar-refractivity contribution in [2.45, 2.75) is 0 Å². The zero-order valence-electron chi connectivity index (χ0n) is 11.8. The number of thiazole rings is 1. The van der Waals surface area contributed by atoms with E-state index in [0.717, 1.165) is 4.70 Å². The molecule has 3 N–H and O–H groups in total. The summed E-state index contributed by atoms with van der Waals surface area (Å²) in [6.07, 6.45) is 0. The van der Waals surface area contributed by atoms with Gasteiger partial charge in [-0.15, -0.1) is 0 Å². The molecule has 3 rings (SSSR count). The van der Waals surface area contributed by atoms with Gasteiger partial charge in [0.2, 0.25) is 0 Å². The highest BCUT2D eigenvalue weighted by molar-refractivity contribution is 7.80. The van der Waals surface area contributed by atoms with E-state index in [4.69, 9.17) is 35.4 Å². The van der Waals surface area contributed by atoms with Gasteiger partial charge in [0.1, 0.15) is 5.75 Å². The molecule has 1 aromatic heterocycles. The van der Waals surface area contributed by atoms with Gasteiger partial charge in [0.05, 0.1) is 25.8 Å². The van der Waals surface area contributed by atoms with Crippen LogP contribution in [0.15, 0.2) is 36.4 Å². The number of nitrogens with zero attached hydrogens (tertiary/aromatic N) is 1. The fourth-order valence-electron chi connectivity index (χ4n) is 1.94. The summed E-state index contributed by atoms with van der Waals surface area (Å²) in [6, 6.07) is 9.61. The number of phenols is 1. The maximum atomic E-state index is 12.2. The molecule has 0 fully saturated rings. The Morgan fingerprint density at radius 2 is 2.04 bits per heavy atom. The number of hydrogen-bond acceptors (Lipinski definition) is 5. The monoisotopic (exact) mass is 397 g/mol. The van der Waals surface area contributed by atoms with Crippen LogP contribution in [0.4, 0.5) is 5.13 Å². The third kappa shape index (κ3) is 3.59. The summed E-state index contributed by atoms with van der Waals surface area (Å²) in [6.45, 7) is 0. The van der Waals surface area contributed by atoms with Gasteiger partial charge in [0.25, 0.3) is 5.91 Å². The molecule has 2 aromatic carbocycles. The highest BCUT2D eigenvalue weighted by atomic mass is 35.5. The fourth-order valence-corrected chi connectivity index (χ4v) is 3.49. The molecule has 0 spiro atoms. The molecule has 3 aromatic rings. The molecule has 0 aliphatic carbocycles. The normalized spacial score (nSPS) is 10.6. The predicted molar refractivity (Wildman–Crippen MR) is 101 cm³/mol. The summed E-state index contributed by atoms with van der Waals surface area (Å²) in [5.41, 5.74) is 0.940. The molecule has 0 radical (unpaired) electrons. The predicted octanol–water partition coefficient (Wildman–Crippen LogP) is 4.44.